The van der Waals surface area contributed by atoms with Crippen LogP contribution in [-0.4, -0.2) is 14.5 Å². The lowest BCUT2D eigenvalue weighted by Crippen LogP contribution is -2.10. The SMILES string of the molecule is CCCCc1nc2cc(Cl)cnc2n1CC(C)C#N. The van der Waals surface area contributed by atoms with Crippen LogP contribution in [0.3, 0.4) is 0 Å². The highest BCUT2D eigenvalue weighted by Gasteiger charge is 2.14. The first kappa shape index (κ1) is 13.8. The lowest BCUT2D eigenvalue weighted by atomic mass is 10.2. The first-order valence-electron chi connectivity index (χ1n) is 6.56. The van der Waals surface area contributed by atoms with Crippen molar-refractivity contribution in [3.8, 4) is 6.07 Å². The summed E-state index contributed by atoms with van der Waals surface area (Å²) in [6.45, 7) is 4.69. The van der Waals surface area contributed by atoms with Crippen LogP contribution in [-0.2, 0) is 13.0 Å². The van der Waals surface area contributed by atoms with Gasteiger partial charge >= 0.3 is 0 Å². The van der Waals surface area contributed by atoms with Gasteiger partial charge in [-0.3, -0.25) is 0 Å². The summed E-state index contributed by atoms with van der Waals surface area (Å²) < 4.78 is 2.05. The second-order valence-corrected chi connectivity index (χ2v) is 5.21. The molecule has 2 rings (SSSR count). The molecule has 2 heterocycles. The molecule has 0 aliphatic heterocycles. The molecule has 0 radical (unpaired) electrons. The summed E-state index contributed by atoms with van der Waals surface area (Å²) in [5.41, 5.74) is 1.63. The van der Waals surface area contributed by atoms with Gasteiger partial charge in [0.1, 0.15) is 11.3 Å². The molecule has 0 aliphatic rings. The Balaban J connectivity index is 2.45. The molecule has 1 unspecified atom stereocenters. The predicted molar refractivity (Wildman–Crippen MR) is 75.9 cm³/mol. The number of imidazole rings is 1. The van der Waals surface area contributed by atoms with E-state index in [-0.39, 0.29) is 5.92 Å². The van der Waals surface area contributed by atoms with E-state index in [0.717, 1.165) is 36.3 Å². The van der Waals surface area contributed by atoms with Gasteiger partial charge in [0.05, 0.1) is 17.0 Å². The molecule has 0 N–H and O–H groups in total. The Kier molecular flexibility index (Phi) is 4.39. The highest BCUT2D eigenvalue weighted by Crippen LogP contribution is 2.20. The third-order valence-corrected chi connectivity index (χ3v) is 3.27. The maximum Gasteiger partial charge on any atom is 0.160 e. The topological polar surface area (TPSA) is 54.5 Å². The van der Waals surface area contributed by atoms with E-state index in [4.69, 9.17) is 16.9 Å². The Hall–Kier alpha value is -1.60. The minimum atomic E-state index is -0.0599. The summed E-state index contributed by atoms with van der Waals surface area (Å²) >= 11 is 5.95. The molecule has 19 heavy (non-hydrogen) atoms. The van der Waals surface area contributed by atoms with Gasteiger partial charge in [0.2, 0.25) is 0 Å². The lowest BCUT2D eigenvalue weighted by Gasteiger charge is -2.09. The van der Waals surface area contributed by atoms with Gasteiger partial charge in [-0.25, -0.2) is 9.97 Å². The van der Waals surface area contributed by atoms with E-state index in [1.165, 1.54) is 0 Å². The number of hydrogen-bond donors (Lipinski definition) is 0. The van der Waals surface area contributed by atoms with Crippen molar-refractivity contribution in [2.24, 2.45) is 5.92 Å². The first-order valence-corrected chi connectivity index (χ1v) is 6.93. The van der Waals surface area contributed by atoms with Gasteiger partial charge in [-0.2, -0.15) is 5.26 Å². The molecule has 100 valence electrons. The zero-order valence-electron chi connectivity index (χ0n) is 11.2. The number of aryl methyl sites for hydroxylation is 1. The Morgan fingerprint density at radius 2 is 2.32 bits per heavy atom. The van der Waals surface area contributed by atoms with Gasteiger partial charge in [0.15, 0.2) is 5.65 Å². The number of halogens is 1. The van der Waals surface area contributed by atoms with Crippen LogP contribution in [0.15, 0.2) is 12.3 Å². The van der Waals surface area contributed by atoms with Gasteiger partial charge in [0, 0.05) is 19.2 Å². The third-order valence-electron chi connectivity index (χ3n) is 3.06. The Bertz CT molecular complexity index is 612. The van der Waals surface area contributed by atoms with Crippen LogP contribution < -0.4 is 0 Å². The largest absolute Gasteiger partial charge is 0.311 e. The quantitative estimate of drug-likeness (QED) is 0.839. The normalized spacial score (nSPS) is 12.5. The number of rotatable bonds is 5. The molecule has 4 nitrogen and oxygen atoms in total. The molecular weight excluding hydrogens is 260 g/mol. The lowest BCUT2D eigenvalue weighted by molar-refractivity contribution is 0.559. The van der Waals surface area contributed by atoms with Crippen LogP contribution in [0.5, 0.6) is 0 Å². The summed E-state index contributed by atoms with van der Waals surface area (Å²) in [7, 11) is 0. The van der Waals surface area contributed by atoms with E-state index in [0.29, 0.717) is 11.6 Å². The molecule has 0 saturated heterocycles. The minimum Gasteiger partial charge on any atom is -0.311 e. The summed E-state index contributed by atoms with van der Waals surface area (Å²) in [5, 5.41) is 9.58. The maximum absolute atomic E-state index is 8.99. The molecule has 5 heteroatoms. The average Bonchev–Trinajstić information content (AvgIpc) is 2.73. The average molecular weight is 277 g/mol. The van der Waals surface area contributed by atoms with Crippen LogP contribution in [0.4, 0.5) is 0 Å². The second kappa shape index (κ2) is 6.03. The molecule has 2 aromatic heterocycles. The minimum absolute atomic E-state index is 0.0599. The van der Waals surface area contributed by atoms with Crippen molar-refractivity contribution in [2.45, 2.75) is 39.7 Å². The standard InChI is InChI=1S/C14H17ClN4/c1-3-4-5-13-18-12-6-11(15)8-17-14(12)19(13)9-10(2)7-16/h6,8,10H,3-5,9H2,1-2H3. The number of unbranched alkanes of at least 4 members (excludes halogenated alkanes) is 1. The molecule has 2 aromatic rings. The van der Waals surface area contributed by atoms with Crippen molar-refractivity contribution in [2.75, 3.05) is 0 Å². The molecule has 0 spiro atoms. The fourth-order valence-electron chi connectivity index (χ4n) is 2.07. The Morgan fingerprint density at radius 1 is 1.53 bits per heavy atom. The monoisotopic (exact) mass is 276 g/mol. The Morgan fingerprint density at radius 3 is 3.00 bits per heavy atom. The van der Waals surface area contributed by atoms with Gasteiger partial charge in [-0.05, 0) is 19.4 Å². The first-order chi connectivity index (χ1) is 9.15. The van der Waals surface area contributed by atoms with Gasteiger partial charge < -0.3 is 4.57 Å². The van der Waals surface area contributed by atoms with Crippen molar-refractivity contribution < 1.29 is 0 Å². The molecule has 0 amide bonds. The van der Waals surface area contributed by atoms with Crippen molar-refractivity contribution in [1.29, 1.82) is 5.26 Å². The molecular formula is C14H17ClN4. The second-order valence-electron chi connectivity index (χ2n) is 4.77. The smallest absolute Gasteiger partial charge is 0.160 e. The van der Waals surface area contributed by atoms with Crippen molar-refractivity contribution in [3.05, 3.63) is 23.1 Å². The fourth-order valence-corrected chi connectivity index (χ4v) is 2.22. The van der Waals surface area contributed by atoms with Crippen LogP contribution in [0, 0.1) is 17.2 Å². The fraction of sp³-hybridized carbons (Fsp3) is 0.500. The molecule has 0 fully saturated rings. The van der Waals surface area contributed by atoms with Gasteiger partial charge in [-0.1, -0.05) is 24.9 Å². The van der Waals surface area contributed by atoms with Crippen LogP contribution in [0.1, 0.15) is 32.5 Å². The number of nitriles is 1. The van der Waals surface area contributed by atoms with Crippen LogP contribution >= 0.6 is 11.6 Å². The third kappa shape index (κ3) is 3.05. The zero-order chi connectivity index (χ0) is 13.8. The van der Waals surface area contributed by atoms with E-state index in [2.05, 4.69) is 27.5 Å². The number of nitrogens with zero attached hydrogens (tertiary/aromatic N) is 4. The summed E-state index contributed by atoms with van der Waals surface area (Å²) in [5.74, 6) is 0.934. The van der Waals surface area contributed by atoms with Crippen molar-refractivity contribution in [1.82, 2.24) is 14.5 Å². The Labute approximate surface area is 118 Å². The molecule has 0 bridgehead atoms. The van der Waals surface area contributed by atoms with Crippen molar-refractivity contribution in [3.63, 3.8) is 0 Å². The van der Waals surface area contributed by atoms with E-state index < -0.39 is 0 Å². The highest BCUT2D eigenvalue weighted by atomic mass is 35.5. The number of hydrogen-bond acceptors (Lipinski definition) is 3. The van der Waals surface area contributed by atoms with E-state index in [1.54, 1.807) is 6.20 Å². The van der Waals surface area contributed by atoms with E-state index in [1.807, 2.05) is 13.0 Å². The van der Waals surface area contributed by atoms with Crippen LogP contribution in [0.25, 0.3) is 11.2 Å². The zero-order valence-corrected chi connectivity index (χ0v) is 12.0. The van der Waals surface area contributed by atoms with Gasteiger partial charge in [0.25, 0.3) is 0 Å². The molecule has 0 saturated carbocycles. The number of aromatic nitrogens is 3. The van der Waals surface area contributed by atoms with Crippen molar-refractivity contribution >= 4 is 22.8 Å². The van der Waals surface area contributed by atoms with Gasteiger partial charge in [-0.15, -0.1) is 0 Å². The number of pyridine rings is 1. The summed E-state index contributed by atoms with van der Waals surface area (Å²) in [6, 6.07) is 4.09. The molecule has 0 aliphatic carbocycles. The maximum atomic E-state index is 8.99. The molecule has 0 aromatic carbocycles. The van der Waals surface area contributed by atoms with Crippen LogP contribution in [0.2, 0.25) is 5.02 Å². The number of fused-ring (bicyclic) bond motifs is 1. The molecule has 1 atom stereocenters. The van der Waals surface area contributed by atoms with E-state index >= 15 is 0 Å². The highest BCUT2D eigenvalue weighted by molar-refractivity contribution is 6.31. The predicted octanol–water partition coefficient (Wildman–Crippen LogP) is 3.59. The van der Waals surface area contributed by atoms with E-state index in [9.17, 15) is 0 Å². The summed E-state index contributed by atoms with van der Waals surface area (Å²) in [4.78, 5) is 8.96. The summed E-state index contributed by atoms with van der Waals surface area (Å²) in [6.07, 6.45) is 4.73.